The van der Waals surface area contributed by atoms with Gasteiger partial charge in [0.15, 0.2) is 11.5 Å². The number of rotatable bonds is 5. The van der Waals surface area contributed by atoms with Crippen LogP contribution in [0, 0.1) is 17.8 Å². The molecule has 3 unspecified atom stereocenters. The van der Waals surface area contributed by atoms with Gasteiger partial charge in [-0.2, -0.15) is 0 Å². The molecule has 1 aliphatic heterocycles. The van der Waals surface area contributed by atoms with Crippen molar-refractivity contribution in [3.05, 3.63) is 17.7 Å². The Labute approximate surface area is 125 Å². The van der Waals surface area contributed by atoms with E-state index >= 15 is 0 Å². The third-order valence-electron chi connectivity index (χ3n) is 5.31. The van der Waals surface area contributed by atoms with E-state index in [1.807, 2.05) is 12.1 Å². The first-order chi connectivity index (χ1) is 10.3. The van der Waals surface area contributed by atoms with E-state index in [9.17, 15) is 0 Å². The number of benzene rings is 1. The van der Waals surface area contributed by atoms with Crippen molar-refractivity contribution in [3.8, 4) is 17.2 Å². The maximum atomic E-state index is 6.16. The highest BCUT2D eigenvalue weighted by Gasteiger charge is 2.39. The van der Waals surface area contributed by atoms with Crippen LogP contribution in [0.25, 0.3) is 0 Å². The van der Waals surface area contributed by atoms with Crippen molar-refractivity contribution in [2.24, 2.45) is 23.5 Å². The summed E-state index contributed by atoms with van der Waals surface area (Å²) in [7, 11) is 0. The molecule has 0 saturated heterocycles. The fourth-order valence-corrected chi connectivity index (χ4v) is 4.23. The Morgan fingerprint density at radius 3 is 2.71 bits per heavy atom. The van der Waals surface area contributed by atoms with Crippen molar-refractivity contribution in [2.75, 3.05) is 19.9 Å². The van der Waals surface area contributed by atoms with E-state index in [0.29, 0.717) is 13.3 Å². The predicted molar refractivity (Wildman–Crippen MR) is 79.8 cm³/mol. The van der Waals surface area contributed by atoms with Gasteiger partial charge in [-0.1, -0.05) is 6.42 Å². The summed E-state index contributed by atoms with van der Waals surface area (Å²) in [5.74, 6) is 5.11. The molecule has 1 aromatic carbocycles. The maximum Gasteiger partial charge on any atom is 0.231 e. The van der Waals surface area contributed by atoms with Gasteiger partial charge in [-0.15, -0.1) is 0 Å². The second-order valence-electron chi connectivity index (χ2n) is 6.60. The van der Waals surface area contributed by atoms with E-state index in [0.717, 1.165) is 53.6 Å². The summed E-state index contributed by atoms with van der Waals surface area (Å²) in [5.41, 5.74) is 6.84. The summed E-state index contributed by atoms with van der Waals surface area (Å²) in [5, 5.41) is 0. The number of hydrogen-bond acceptors (Lipinski definition) is 4. The van der Waals surface area contributed by atoms with Crippen LogP contribution in [0.15, 0.2) is 12.1 Å². The van der Waals surface area contributed by atoms with Crippen LogP contribution in [-0.2, 0) is 6.42 Å². The van der Waals surface area contributed by atoms with E-state index in [1.54, 1.807) is 0 Å². The van der Waals surface area contributed by atoms with Crippen LogP contribution < -0.4 is 19.9 Å². The molecule has 114 valence electrons. The van der Waals surface area contributed by atoms with Gasteiger partial charge >= 0.3 is 0 Å². The van der Waals surface area contributed by atoms with Crippen LogP contribution in [0.2, 0.25) is 0 Å². The molecule has 2 saturated carbocycles. The van der Waals surface area contributed by atoms with Gasteiger partial charge in [0, 0.05) is 6.07 Å². The van der Waals surface area contributed by atoms with Crippen molar-refractivity contribution in [1.29, 1.82) is 0 Å². The molecule has 0 radical (unpaired) electrons. The van der Waals surface area contributed by atoms with Crippen LogP contribution in [0.3, 0.4) is 0 Å². The van der Waals surface area contributed by atoms with Crippen molar-refractivity contribution < 1.29 is 14.2 Å². The summed E-state index contributed by atoms with van der Waals surface area (Å²) in [6.07, 6.45) is 6.41. The molecule has 2 bridgehead atoms. The van der Waals surface area contributed by atoms with E-state index in [2.05, 4.69) is 0 Å². The highest BCUT2D eigenvalue weighted by molar-refractivity contribution is 5.52. The Kier molecular flexibility index (Phi) is 3.42. The summed E-state index contributed by atoms with van der Waals surface area (Å²) >= 11 is 0. The Hall–Kier alpha value is -1.42. The molecule has 0 amide bonds. The largest absolute Gasteiger partial charge is 0.493 e. The van der Waals surface area contributed by atoms with Gasteiger partial charge in [0.05, 0.1) is 6.61 Å². The molecule has 21 heavy (non-hydrogen) atoms. The summed E-state index contributed by atoms with van der Waals surface area (Å²) in [6.45, 7) is 1.75. The molecule has 0 spiro atoms. The van der Waals surface area contributed by atoms with Gasteiger partial charge in [-0.25, -0.2) is 0 Å². The zero-order valence-electron chi connectivity index (χ0n) is 12.3. The van der Waals surface area contributed by atoms with Crippen molar-refractivity contribution in [2.45, 2.75) is 32.1 Å². The average molecular weight is 289 g/mol. The Morgan fingerprint density at radius 2 is 2.00 bits per heavy atom. The minimum absolute atomic E-state index is 0.299. The van der Waals surface area contributed by atoms with Crippen LogP contribution in [0.4, 0.5) is 0 Å². The Balaban J connectivity index is 1.48. The quantitative estimate of drug-likeness (QED) is 0.905. The molecule has 3 atom stereocenters. The summed E-state index contributed by atoms with van der Waals surface area (Å²) < 4.78 is 17.1. The lowest BCUT2D eigenvalue weighted by Gasteiger charge is -2.22. The van der Waals surface area contributed by atoms with Gasteiger partial charge < -0.3 is 19.9 Å². The zero-order chi connectivity index (χ0) is 14.2. The van der Waals surface area contributed by atoms with E-state index < -0.39 is 0 Å². The topological polar surface area (TPSA) is 53.7 Å². The predicted octanol–water partition coefficient (Wildman–Crippen LogP) is 2.73. The molecular formula is C17H23NO3. The molecule has 0 aromatic heterocycles. The van der Waals surface area contributed by atoms with Crippen molar-refractivity contribution in [3.63, 3.8) is 0 Å². The van der Waals surface area contributed by atoms with Crippen molar-refractivity contribution in [1.82, 2.24) is 0 Å². The maximum absolute atomic E-state index is 6.16. The second kappa shape index (κ2) is 5.41. The van der Waals surface area contributed by atoms with Gasteiger partial charge in [0.1, 0.15) is 5.75 Å². The SMILES string of the molecule is NCCc1cc2c(cc1OCC1CC3CCC1C3)OCO2. The molecule has 1 heterocycles. The fraction of sp³-hybridized carbons (Fsp3) is 0.647. The highest BCUT2D eigenvalue weighted by atomic mass is 16.7. The Bertz CT molecular complexity index is 531. The lowest BCUT2D eigenvalue weighted by molar-refractivity contribution is 0.173. The third kappa shape index (κ3) is 2.46. The summed E-state index contributed by atoms with van der Waals surface area (Å²) in [6, 6.07) is 3.99. The van der Waals surface area contributed by atoms with E-state index in [-0.39, 0.29) is 0 Å². The number of fused-ring (bicyclic) bond motifs is 3. The first-order valence-electron chi connectivity index (χ1n) is 8.09. The van der Waals surface area contributed by atoms with Gasteiger partial charge in [0.25, 0.3) is 0 Å². The van der Waals surface area contributed by atoms with Crippen LogP contribution >= 0.6 is 0 Å². The van der Waals surface area contributed by atoms with E-state index in [4.69, 9.17) is 19.9 Å². The first-order valence-corrected chi connectivity index (χ1v) is 8.09. The molecule has 2 N–H and O–H groups in total. The van der Waals surface area contributed by atoms with Crippen molar-refractivity contribution >= 4 is 0 Å². The molecular weight excluding hydrogens is 266 g/mol. The van der Waals surface area contributed by atoms with Crippen LogP contribution in [-0.4, -0.2) is 19.9 Å². The molecule has 4 nitrogen and oxygen atoms in total. The van der Waals surface area contributed by atoms with Gasteiger partial charge in [0.2, 0.25) is 6.79 Å². The number of ether oxygens (including phenoxy) is 3. The number of nitrogens with two attached hydrogens (primary N) is 1. The highest BCUT2D eigenvalue weighted by Crippen LogP contribution is 2.48. The third-order valence-corrected chi connectivity index (χ3v) is 5.31. The smallest absolute Gasteiger partial charge is 0.231 e. The first kappa shape index (κ1) is 13.3. The van der Waals surface area contributed by atoms with Gasteiger partial charge in [-0.05, 0) is 61.6 Å². The Morgan fingerprint density at radius 1 is 1.14 bits per heavy atom. The van der Waals surface area contributed by atoms with Crippen LogP contribution in [0.1, 0.15) is 31.2 Å². The van der Waals surface area contributed by atoms with E-state index in [1.165, 1.54) is 25.7 Å². The summed E-state index contributed by atoms with van der Waals surface area (Å²) in [4.78, 5) is 0. The fourth-order valence-electron chi connectivity index (χ4n) is 4.23. The lowest BCUT2D eigenvalue weighted by atomic mass is 9.89. The zero-order valence-corrected chi connectivity index (χ0v) is 12.3. The lowest BCUT2D eigenvalue weighted by Crippen LogP contribution is -2.19. The minimum Gasteiger partial charge on any atom is -0.493 e. The normalized spacial score (nSPS) is 29.1. The molecule has 4 heteroatoms. The molecule has 2 aliphatic carbocycles. The monoisotopic (exact) mass is 289 g/mol. The molecule has 3 aliphatic rings. The number of hydrogen-bond donors (Lipinski definition) is 1. The van der Waals surface area contributed by atoms with Crippen LogP contribution in [0.5, 0.6) is 17.2 Å². The second-order valence-corrected chi connectivity index (χ2v) is 6.60. The molecule has 2 fully saturated rings. The minimum atomic E-state index is 0.299. The standard InChI is InChI=1S/C17H23NO3/c18-4-3-13-7-16-17(21-10-20-16)8-15(13)19-9-14-6-11-1-2-12(14)5-11/h7-8,11-12,14H,1-6,9-10,18H2. The average Bonchev–Trinajstić information content (AvgIpc) is 3.20. The van der Waals surface area contributed by atoms with Gasteiger partial charge in [-0.3, -0.25) is 0 Å². The molecule has 4 rings (SSSR count). The molecule has 1 aromatic rings.